The van der Waals surface area contributed by atoms with Crippen LogP contribution in [0.4, 0.5) is 0 Å². The Morgan fingerprint density at radius 1 is 1.54 bits per heavy atom. The van der Waals surface area contributed by atoms with E-state index in [-0.39, 0.29) is 12.7 Å². The minimum atomic E-state index is -0.558. The summed E-state index contributed by atoms with van der Waals surface area (Å²) in [5, 5.41) is 17.3. The molecule has 8 heteroatoms. The molecule has 3 rings (SSSR count). The van der Waals surface area contributed by atoms with Gasteiger partial charge in [0.25, 0.3) is 0 Å². The highest BCUT2D eigenvalue weighted by molar-refractivity contribution is 4.97. The first-order valence-electron chi connectivity index (χ1n) is 8.28. The van der Waals surface area contributed by atoms with Gasteiger partial charge in [-0.15, -0.1) is 0 Å². The molecular formula is C16H24N4O4. The third-order valence-corrected chi connectivity index (χ3v) is 3.93. The van der Waals surface area contributed by atoms with Crippen molar-refractivity contribution in [3.05, 3.63) is 35.8 Å². The Balaban J connectivity index is 1.42. The molecule has 0 radical (unpaired) electrons. The summed E-state index contributed by atoms with van der Waals surface area (Å²) in [4.78, 5) is 6.58. The topological polar surface area (TPSA) is 96.6 Å². The molecule has 1 saturated heterocycles. The van der Waals surface area contributed by atoms with E-state index < -0.39 is 6.10 Å². The second-order valence-electron chi connectivity index (χ2n) is 5.86. The molecule has 24 heavy (non-hydrogen) atoms. The first kappa shape index (κ1) is 17.1. The van der Waals surface area contributed by atoms with Gasteiger partial charge in [-0.25, -0.2) is 4.98 Å². The maximum Gasteiger partial charge on any atom is 0.180 e. The van der Waals surface area contributed by atoms with Crippen molar-refractivity contribution in [2.75, 3.05) is 32.8 Å². The number of rotatable bonds is 8. The summed E-state index contributed by atoms with van der Waals surface area (Å²) in [5.41, 5.74) is 0. The molecule has 0 spiro atoms. The summed E-state index contributed by atoms with van der Waals surface area (Å²) in [6, 6.07) is 3.66. The largest absolute Gasteiger partial charge is 0.467 e. The zero-order valence-corrected chi connectivity index (χ0v) is 13.9. The minimum absolute atomic E-state index is 0.161. The zero-order valence-electron chi connectivity index (χ0n) is 13.9. The van der Waals surface area contributed by atoms with E-state index >= 15 is 0 Å². The minimum Gasteiger partial charge on any atom is -0.467 e. The fourth-order valence-corrected chi connectivity index (χ4v) is 2.68. The second kappa shape index (κ2) is 8.39. The van der Waals surface area contributed by atoms with Gasteiger partial charge in [-0.3, -0.25) is 10.00 Å². The maximum atomic E-state index is 10.2. The number of aliphatic hydroxyl groups excluding tert-OH is 1. The molecule has 0 bridgehead atoms. The van der Waals surface area contributed by atoms with Gasteiger partial charge in [-0.2, -0.15) is 5.10 Å². The number of ether oxygens (including phenoxy) is 2. The average Bonchev–Trinajstić information content (AvgIpc) is 3.26. The van der Waals surface area contributed by atoms with Crippen molar-refractivity contribution in [2.24, 2.45) is 0 Å². The lowest BCUT2D eigenvalue weighted by atomic mass is 10.2. The number of aromatic nitrogens is 3. The highest BCUT2D eigenvalue weighted by Gasteiger charge is 2.26. The van der Waals surface area contributed by atoms with Crippen molar-refractivity contribution >= 4 is 0 Å². The van der Waals surface area contributed by atoms with Crippen LogP contribution in [0.25, 0.3) is 0 Å². The molecule has 1 aliphatic heterocycles. The molecule has 2 atom stereocenters. The smallest absolute Gasteiger partial charge is 0.180 e. The number of nitrogens with one attached hydrogen (secondary N) is 1. The third kappa shape index (κ3) is 4.64. The van der Waals surface area contributed by atoms with Gasteiger partial charge in [0.15, 0.2) is 5.82 Å². The van der Waals surface area contributed by atoms with E-state index in [1.165, 1.54) is 0 Å². The van der Waals surface area contributed by atoms with Gasteiger partial charge in [0.2, 0.25) is 0 Å². The number of hydrogen-bond donors (Lipinski definition) is 2. The Bertz CT molecular complexity index is 601. The van der Waals surface area contributed by atoms with Crippen LogP contribution in [-0.2, 0) is 22.5 Å². The molecule has 2 aromatic rings. The second-order valence-corrected chi connectivity index (χ2v) is 5.86. The lowest BCUT2D eigenvalue weighted by Gasteiger charge is -2.32. The van der Waals surface area contributed by atoms with E-state index in [1.54, 1.807) is 6.26 Å². The first-order chi connectivity index (χ1) is 11.7. The lowest BCUT2D eigenvalue weighted by molar-refractivity contribution is -0.0572. The highest BCUT2D eigenvalue weighted by atomic mass is 16.5. The van der Waals surface area contributed by atoms with Crippen LogP contribution in [0.1, 0.15) is 30.4 Å². The van der Waals surface area contributed by atoms with E-state index in [0.717, 1.165) is 24.6 Å². The molecule has 0 aliphatic carbocycles. The van der Waals surface area contributed by atoms with E-state index in [9.17, 15) is 5.11 Å². The van der Waals surface area contributed by atoms with Crippen LogP contribution >= 0.6 is 0 Å². The van der Waals surface area contributed by atoms with E-state index in [4.69, 9.17) is 13.9 Å². The number of hydrogen-bond acceptors (Lipinski definition) is 7. The molecular weight excluding hydrogens is 312 g/mol. The fraction of sp³-hybridized carbons (Fsp3) is 0.625. The van der Waals surface area contributed by atoms with Crippen LogP contribution in [0.3, 0.4) is 0 Å². The first-order valence-corrected chi connectivity index (χ1v) is 8.28. The number of morpholine rings is 1. The number of aliphatic hydroxyl groups is 1. The molecule has 2 aromatic heterocycles. The number of aryl methyl sites for hydroxylation is 1. The third-order valence-electron chi connectivity index (χ3n) is 3.93. The van der Waals surface area contributed by atoms with E-state index in [2.05, 4.69) is 20.1 Å². The summed E-state index contributed by atoms with van der Waals surface area (Å²) in [7, 11) is 0. The van der Waals surface area contributed by atoms with Gasteiger partial charge >= 0.3 is 0 Å². The van der Waals surface area contributed by atoms with Gasteiger partial charge in [0, 0.05) is 26.1 Å². The van der Waals surface area contributed by atoms with Crippen LogP contribution in [0.15, 0.2) is 22.8 Å². The Hall–Kier alpha value is -1.74. The number of nitrogens with zero attached hydrogens (tertiary/aromatic N) is 3. The highest BCUT2D eigenvalue weighted by Crippen LogP contribution is 2.19. The normalized spacial score (nSPS) is 20.3. The molecule has 1 fully saturated rings. The maximum absolute atomic E-state index is 10.2. The summed E-state index contributed by atoms with van der Waals surface area (Å²) in [6.45, 7) is 5.23. The van der Waals surface area contributed by atoms with Crippen LogP contribution in [0.2, 0.25) is 0 Å². The summed E-state index contributed by atoms with van der Waals surface area (Å²) in [6.07, 6.45) is 1.70. The Kier molecular flexibility index (Phi) is 5.97. The number of H-pyrrole nitrogens is 1. The predicted molar refractivity (Wildman–Crippen MR) is 85.3 cm³/mol. The van der Waals surface area contributed by atoms with Gasteiger partial charge in [-0.05, 0) is 12.1 Å². The van der Waals surface area contributed by atoms with E-state index in [0.29, 0.717) is 32.1 Å². The van der Waals surface area contributed by atoms with Crippen molar-refractivity contribution < 1.29 is 19.0 Å². The lowest BCUT2D eigenvalue weighted by Crippen LogP contribution is -2.43. The monoisotopic (exact) mass is 336 g/mol. The molecule has 132 valence electrons. The van der Waals surface area contributed by atoms with Crippen LogP contribution in [0.5, 0.6) is 0 Å². The molecule has 1 aliphatic rings. The molecule has 0 aromatic carbocycles. The number of aromatic amines is 1. The number of β-amino-alcohol motifs (C(OH)–C–C–N with tert-alkyl or cyclic N) is 1. The summed E-state index contributed by atoms with van der Waals surface area (Å²) < 4.78 is 16.4. The number of furan rings is 1. The van der Waals surface area contributed by atoms with Crippen molar-refractivity contribution in [1.82, 2.24) is 20.1 Å². The summed E-state index contributed by atoms with van der Waals surface area (Å²) in [5.74, 6) is 2.29. The molecule has 2 N–H and O–H groups in total. The van der Waals surface area contributed by atoms with Crippen LogP contribution < -0.4 is 0 Å². The SMILES string of the molecule is CCc1nc([C@H]2CN(C[C@H](O)COCc3ccco3)CCO2)n[nH]1. The quantitative estimate of drug-likeness (QED) is 0.739. The van der Waals surface area contributed by atoms with Crippen molar-refractivity contribution in [2.45, 2.75) is 32.2 Å². The van der Waals surface area contributed by atoms with Crippen LogP contribution in [0, 0.1) is 0 Å². The molecule has 8 nitrogen and oxygen atoms in total. The van der Waals surface area contributed by atoms with E-state index in [1.807, 2.05) is 19.1 Å². The molecule has 0 saturated carbocycles. The van der Waals surface area contributed by atoms with Gasteiger partial charge in [0.1, 0.15) is 24.3 Å². The fourth-order valence-electron chi connectivity index (χ4n) is 2.68. The van der Waals surface area contributed by atoms with Crippen molar-refractivity contribution in [3.8, 4) is 0 Å². The Labute approximate surface area is 140 Å². The molecule has 0 unspecified atom stereocenters. The average molecular weight is 336 g/mol. The van der Waals surface area contributed by atoms with Crippen LogP contribution in [-0.4, -0.2) is 64.1 Å². The predicted octanol–water partition coefficient (Wildman–Crippen LogP) is 0.911. The van der Waals surface area contributed by atoms with Gasteiger partial charge in [0.05, 0.1) is 25.6 Å². The van der Waals surface area contributed by atoms with Gasteiger partial charge in [-0.1, -0.05) is 6.92 Å². The van der Waals surface area contributed by atoms with Gasteiger partial charge < -0.3 is 19.0 Å². The van der Waals surface area contributed by atoms with Crippen molar-refractivity contribution in [3.63, 3.8) is 0 Å². The Morgan fingerprint density at radius 2 is 2.46 bits per heavy atom. The summed E-state index contributed by atoms with van der Waals surface area (Å²) >= 11 is 0. The van der Waals surface area contributed by atoms with Crippen molar-refractivity contribution in [1.29, 1.82) is 0 Å². The zero-order chi connectivity index (χ0) is 16.8. The molecule has 3 heterocycles. The molecule has 0 amide bonds. The standard InChI is InChI=1S/C16H24N4O4/c1-2-15-17-16(19-18-15)14-9-20(5-7-24-14)8-12(21)10-22-11-13-4-3-6-23-13/h3-4,6,12,14,21H,2,5,7-11H2,1H3,(H,17,18,19)/t12-,14+/m0/s1. The Morgan fingerprint density at radius 3 is 3.21 bits per heavy atom.